The Labute approximate surface area is 562 Å². The zero-order valence-electron chi connectivity index (χ0n) is 59.9. The zero-order valence-corrected chi connectivity index (χ0v) is 61.6. The van der Waals surface area contributed by atoms with Gasteiger partial charge in [-0.3, -0.25) is 37.3 Å². The number of phosphoric ester groups is 2. The number of ether oxygens (including phenoxy) is 4. The summed E-state index contributed by atoms with van der Waals surface area (Å²) in [4.78, 5) is 72.7. The first-order valence-corrected chi connectivity index (χ1v) is 41.0. The molecule has 0 spiro atoms. The van der Waals surface area contributed by atoms with Crippen LogP contribution in [-0.2, 0) is 65.4 Å². The Morgan fingerprint density at radius 2 is 0.500 bits per heavy atom. The molecule has 0 aliphatic carbocycles. The highest BCUT2D eigenvalue weighted by molar-refractivity contribution is 7.47. The molecule has 92 heavy (non-hydrogen) atoms. The second kappa shape index (κ2) is 65.0. The van der Waals surface area contributed by atoms with Crippen molar-refractivity contribution in [3.8, 4) is 0 Å². The van der Waals surface area contributed by atoms with E-state index in [0.29, 0.717) is 25.7 Å². The van der Waals surface area contributed by atoms with E-state index in [0.717, 1.165) is 102 Å². The van der Waals surface area contributed by atoms with Gasteiger partial charge in [0.2, 0.25) is 0 Å². The van der Waals surface area contributed by atoms with Gasteiger partial charge in [0.25, 0.3) is 0 Å². The molecule has 0 saturated heterocycles. The predicted octanol–water partition coefficient (Wildman–Crippen LogP) is 21.2. The van der Waals surface area contributed by atoms with Crippen molar-refractivity contribution in [2.45, 2.75) is 394 Å². The van der Waals surface area contributed by atoms with Crippen molar-refractivity contribution in [3.05, 3.63) is 0 Å². The molecule has 0 heterocycles. The number of carbonyl (C=O) groups is 4. The molecular weight excluding hydrogens is 1210 g/mol. The van der Waals surface area contributed by atoms with Crippen LogP contribution in [0.1, 0.15) is 375 Å². The summed E-state index contributed by atoms with van der Waals surface area (Å²) in [6.07, 6.45) is 51.3. The Morgan fingerprint density at radius 1 is 0.293 bits per heavy atom. The number of aliphatic hydroxyl groups is 1. The Hall–Kier alpha value is -1.94. The highest BCUT2D eigenvalue weighted by Gasteiger charge is 2.30. The number of hydrogen-bond donors (Lipinski definition) is 3. The van der Waals surface area contributed by atoms with Crippen molar-refractivity contribution >= 4 is 39.5 Å². The van der Waals surface area contributed by atoms with Crippen LogP contribution < -0.4 is 0 Å². The lowest BCUT2D eigenvalue weighted by Crippen LogP contribution is -2.30. The molecule has 0 fully saturated rings. The number of rotatable bonds is 72. The molecule has 0 saturated carbocycles. The SMILES string of the molecule is CCCCCCCCCCCCCCCCCCC(=O)O[C@H](COC(=O)CCCCCCCCCCCCCCCC)COP(=O)(O)OC[C@@H](O)COP(=O)(O)OC[C@@H](COC(=O)CCCCCCCCCCC(C)C)OC(=O)CCCCCCCCCCC(C)C. The first kappa shape index (κ1) is 90.1. The summed E-state index contributed by atoms with van der Waals surface area (Å²) in [5.74, 6) is -0.676. The van der Waals surface area contributed by atoms with Crippen molar-refractivity contribution in [1.29, 1.82) is 0 Å². The summed E-state index contributed by atoms with van der Waals surface area (Å²) in [6.45, 7) is 9.50. The Kier molecular flexibility index (Phi) is 63.7. The van der Waals surface area contributed by atoms with Gasteiger partial charge in [-0.25, -0.2) is 9.13 Å². The Morgan fingerprint density at radius 3 is 0.739 bits per heavy atom. The first-order chi connectivity index (χ1) is 44.4. The van der Waals surface area contributed by atoms with Crippen LogP contribution in [0.15, 0.2) is 0 Å². The minimum absolute atomic E-state index is 0.104. The van der Waals surface area contributed by atoms with E-state index in [1.54, 1.807) is 0 Å². The summed E-state index contributed by atoms with van der Waals surface area (Å²) in [5, 5.41) is 10.6. The molecule has 0 radical (unpaired) electrons. The fourth-order valence-corrected chi connectivity index (χ4v) is 12.7. The number of hydrogen-bond acceptors (Lipinski definition) is 15. The van der Waals surface area contributed by atoms with E-state index in [4.69, 9.17) is 37.0 Å². The molecule has 546 valence electrons. The highest BCUT2D eigenvalue weighted by atomic mass is 31.2. The van der Waals surface area contributed by atoms with Gasteiger partial charge in [-0.2, -0.15) is 0 Å². The van der Waals surface area contributed by atoms with E-state index < -0.39 is 97.5 Å². The minimum Gasteiger partial charge on any atom is -0.462 e. The van der Waals surface area contributed by atoms with Crippen molar-refractivity contribution < 1.29 is 80.2 Å². The van der Waals surface area contributed by atoms with Crippen LogP contribution >= 0.6 is 15.6 Å². The summed E-state index contributed by atoms with van der Waals surface area (Å²) >= 11 is 0. The maximum atomic E-state index is 13.1. The van der Waals surface area contributed by atoms with Gasteiger partial charge in [0.05, 0.1) is 26.4 Å². The molecule has 0 aliphatic rings. The van der Waals surface area contributed by atoms with Crippen LogP contribution in [0.4, 0.5) is 0 Å². The smallest absolute Gasteiger partial charge is 0.462 e. The molecule has 3 N–H and O–H groups in total. The molecule has 0 aromatic carbocycles. The Bertz CT molecular complexity index is 1790. The molecule has 0 aromatic rings. The average molecular weight is 1350 g/mol. The van der Waals surface area contributed by atoms with Crippen molar-refractivity contribution in [3.63, 3.8) is 0 Å². The predicted molar refractivity (Wildman–Crippen MR) is 372 cm³/mol. The van der Waals surface area contributed by atoms with Crippen LogP contribution in [0.2, 0.25) is 0 Å². The van der Waals surface area contributed by atoms with E-state index in [2.05, 4.69) is 41.5 Å². The quantitative estimate of drug-likeness (QED) is 0.0222. The molecule has 17 nitrogen and oxygen atoms in total. The summed E-state index contributed by atoms with van der Waals surface area (Å²) in [6, 6.07) is 0. The monoisotopic (exact) mass is 1350 g/mol. The number of unbranched alkanes of at least 4 members (excludes halogenated alkanes) is 42. The van der Waals surface area contributed by atoms with Gasteiger partial charge >= 0.3 is 39.5 Å². The van der Waals surface area contributed by atoms with Gasteiger partial charge in [0.1, 0.15) is 19.3 Å². The third kappa shape index (κ3) is 66.7. The number of phosphoric acid groups is 2. The van der Waals surface area contributed by atoms with Gasteiger partial charge in [-0.1, -0.05) is 324 Å². The maximum Gasteiger partial charge on any atom is 0.472 e. The fourth-order valence-electron chi connectivity index (χ4n) is 11.1. The van der Waals surface area contributed by atoms with Crippen molar-refractivity contribution in [2.24, 2.45) is 11.8 Å². The standard InChI is InChI=1S/C73H142O17P2/c1-7-9-11-13-15-17-19-21-23-24-26-28-30-39-45-51-57-72(77)89-68(61-83-70(75)55-49-43-37-29-27-25-22-20-18-16-14-12-10-8-2)63-87-91(79,80)85-59-67(74)60-86-92(81,82)88-64-69(90-73(78)58-52-46-40-34-32-36-42-48-54-66(5)6)62-84-71(76)56-50-44-38-33-31-35-41-47-53-65(3)4/h65-69,74H,7-64H2,1-6H3,(H,79,80)(H,81,82)/t67-,68-,69-/m1/s1. The fraction of sp³-hybridized carbons (Fsp3) is 0.945. The third-order valence-corrected chi connectivity index (χ3v) is 18.9. The largest absolute Gasteiger partial charge is 0.472 e. The lowest BCUT2D eigenvalue weighted by atomic mass is 10.0. The van der Waals surface area contributed by atoms with E-state index >= 15 is 0 Å². The molecular formula is C73H142O17P2. The molecule has 0 aliphatic heterocycles. The van der Waals surface area contributed by atoms with Gasteiger partial charge in [0, 0.05) is 25.7 Å². The molecule has 0 aromatic heterocycles. The van der Waals surface area contributed by atoms with Crippen LogP contribution in [-0.4, -0.2) is 96.7 Å². The summed E-state index contributed by atoms with van der Waals surface area (Å²) < 4.78 is 68.4. The molecule has 5 atom stereocenters. The van der Waals surface area contributed by atoms with Crippen molar-refractivity contribution in [1.82, 2.24) is 0 Å². The molecule has 19 heteroatoms. The average Bonchev–Trinajstić information content (AvgIpc) is 1.55. The van der Waals surface area contributed by atoms with Crippen LogP contribution in [0.3, 0.4) is 0 Å². The van der Waals surface area contributed by atoms with E-state index in [9.17, 15) is 43.2 Å². The molecule has 2 unspecified atom stereocenters. The lowest BCUT2D eigenvalue weighted by molar-refractivity contribution is -0.161. The number of carbonyl (C=O) groups excluding carboxylic acids is 4. The van der Waals surface area contributed by atoms with Gasteiger partial charge < -0.3 is 33.8 Å². The minimum atomic E-state index is -4.95. The van der Waals surface area contributed by atoms with Crippen LogP contribution in [0.5, 0.6) is 0 Å². The third-order valence-electron chi connectivity index (χ3n) is 17.0. The highest BCUT2D eigenvalue weighted by Crippen LogP contribution is 2.45. The van der Waals surface area contributed by atoms with E-state index in [1.807, 2.05) is 0 Å². The van der Waals surface area contributed by atoms with Crippen molar-refractivity contribution in [2.75, 3.05) is 39.6 Å². The Balaban J connectivity index is 5.25. The lowest BCUT2D eigenvalue weighted by Gasteiger charge is -2.21. The first-order valence-electron chi connectivity index (χ1n) is 38.0. The topological polar surface area (TPSA) is 237 Å². The van der Waals surface area contributed by atoms with Crippen LogP contribution in [0.25, 0.3) is 0 Å². The second-order valence-electron chi connectivity index (χ2n) is 27.3. The molecule has 0 bridgehead atoms. The number of esters is 4. The second-order valence-corrected chi connectivity index (χ2v) is 30.2. The summed E-state index contributed by atoms with van der Waals surface area (Å²) in [7, 11) is -9.91. The number of aliphatic hydroxyl groups excluding tert-OH is 1. The molecule has 0 amide bonds. The zero-order chi connectivity index (χ0) is 67.9. The maximum absolute atomic E-state index is 13.1. The normalized spacial score (nSPS) is 14.1. The summed E-state index contributed by atoms with van der Waals surface area (Å²) in [5.41, 5.74) is 0. The van der Waals surface area contributed by atoms with Gasteiger partial charge in [-0.15, -0.1) is 0 Å². The van der Waals surface area contributed by atoms with Gasteiger partial charge in [0.15, 0.2) is 12.2 Å². The van der Waals surface area contributed by atoms with E-state index in [1.165, 1.54) is 193 Å². The van der Waals surface area contributed by atoms with Gasteiger partial charge in [-0.05, 0) is 37.5 Å². The van der Waals surface area contributed by atoms with Crippen LogP contribution in [0, 0.1) is 11.8 Å². The van der Waals surface area contributed by atoms with E-state index in [-0.39, 0.29) is 25.7 Å². The molecule has 0 rings (SSSR count).